The van der Waals surface area contributed by atoms with Crippen LogP contribution in [-0.4, -0.2) is 59.4 Å². The van der Waals surface area contributed by atoms with Crippen molar-refractivity contribution < 1.29 is 19.1 Å². The molecule has 4 rings (SSSR count). The van der Waals surface area contributed by atoms with E-state index in [1.54, 1.807) is 22.2 Å². The maximum atomic E-state index is 13.5. The molecule has 3 aromatic rings. The van der Waals surface area contributed by atoms with Crippen LogP contribution in [0.1, 0.15) is 22.8 Å². The first kappa shape index (κ1) is 23.6. The van der Waals surface area contributed by atoms with Crippen molar-refractivity contribution >= 4 is 11.8 Å². The molecule has 2 unspecified atom stereocenters. The van der Waals surface area contributed by atoms with Crippen molar-refractivity contribution in [2.75, 3.05) is 26.7 Å². The number of ether oxygens (including phenoxy) is 2. The average Bonchev–Trinajstić information content (AvgIpc) is 3.03. The summed E-state index contributed by atoms with van der Waals surface area (Å²) in [6.45, 7) is 1.46. The first-order valence-electron chi connectivity index (χ1n) is 11.3. The van der Waals surface area contributed by atoms with Crippen molar-refractivity contribution in [3.63, 3.8) is 0 Å². The zero-order chi connectivity index (χ0) is 23.8. The topological polar surface area (TPSA) is 72.0 Å². The highest BCUT2D eigenvalue weighted by Gasteiger charge is 2.34. The van der Waals surface area contributed by atoms with Crippen molar-refractivity contribution in [3.8, 4) is 0 Å². The largest absolute Gasteiger partial charge is 0.370 e. The molecule has 1 fully saturated rings. The van der Waals surface area contributed by atoms with Gasteiger partial charge in [-0.3, -0.25) is 14.6 Å². The third kappa shape index (κ3) is 6.07. The molecule has 34 heavy (non-hydrogen) atoms. The Bertz CT molecular complexity index is 1060. The summed E-state index contributed by atoms with van der Waals surface area (Å²) in [4.78, 5) is 34.1. The molecular formula is C27H29N3O4. The number of hydrogen-bond acceptors (Lipinski definition) is 5. The normalized spacial score (nSPS) is 17.3. The van der Waals surface area contributed by atoms with E-state index in [0.717, 1.165) is 16.7 Å². The zero-order valence-electron chi connectivity index (χ0n) is 19.2. The number of amides is 2. The van der Waals surface area contributed by atoms with Crippen LogP contribution in [0.5, 0.6) is 0 Å². The van der Waals surface area contributed by atoms with Crippen LogP contribution in [0.15, 0.2) is 85.2 Å². The highest BCUT2D eigenvalue weighted by atomic mass is 16.5. The van der Waals surface area contributed by atoms with Gasteiger partial charge in [0.1, 0.15) is 0 Å². The first-order valence-corrected chi connectivity index (χ1v) is 11.3. The number of carbonyl (C=O) groups is 2. The monoisotopic (exact) mass is 459 g/mol. The Balaban J connectivity index is 1.54. The molecule has 1 aliphatic heterocycles. The van der Waals surface area contributed by atoms with Gasteiger partial charge in [-0.25, -0.2) is 0 Å². The van der Waals surface area contributed by atoms with E-state index in [1.807, 2.05) is 72.8 Å². The first-order chi connectivity index (χ1) is 16.6. The minimum Gasteiger partial charge on any atom is -0.370 e. The van der Waals surface area contributed by atoms with Crippen LogP contribution in [0.3, 0.4) is 0 Å². The van der Waals surface area contributed by atoms with Gasteiger partial charge in [0.05, 0.1) is 19.3 Å². The summed E-state index contributed by atoms with van der Waals surface area (Å²) in [6, 6.07) is 23.0. The molecule has 1 aromatic heterocycles. The summed E-state index contributed by atoms with van der Waals surface area (Å²) < 4.78 is 11.8. The fraction of sp³-hybridized carbons (Fsp3) is 0.296. The lowest BCUT2D eigenvalue weighted by molar-refractivity contribution is -0.146. The molecule has 0 bridgehead atoms. The predicted octanol–water partition coefficient (Wildman–Crippen LogP) is 3.23. The number of hydrogen-bond donors (Lipinski definition) is 0. The van der Waals surface area contributed by atoms with Crippen molar-refractivity contribution in [3.05, 3.63) is 102 Å². The van der Waals surface area contributed by atoms with Crippen molar-refractivity contribution in [1.29, 1.82) is 0 Å². The molecule has 176 valence electrons. The number of pyridine rings is 1. The van der Waals surface area contributed by atoms with Gasteiger partial charge in [0.2, 0.25) is 5.91 Å². The Hall–Kier alpha value is -3.55. The minimum absolute atomic E-state index is 0.0308. The van der Waals surface area contributed by atoms with E-state index in [0.29, 0.717) is 26.2 Å². The molecule has 0 aliphatic carbocycles. The minimum atomic E-state index is -0.784. The second-order valence-corrected chi connectivity index (χ2v) is 8.30. The van der Waals surface area contributed by atoms with E-state index in [4.69, 9.17) is 9.47 Å². The third-order valence-electron chi connectivity index (χ3n) is 5.83. The van der Waals surface area contributed by atoms with Gasteiger partial charge in [-0.1, -0.05) is 66.7 Å². The van der Waals surface area contributed by atoms with E-state index in [-0.39, 0.29) is 24.5 Å². The zero-order valence-corrected chi connectivity index (χ0v) is 19.2. The lowest BCUT2D eigenvalue weighted by Gasteiger charge is -2.27. The second-order valence-electron chi connectivity index (χ2n) is 8.30. The number of rotatable bonds is 8. The molecule has 2 amide bonds. The summed E-state index contributed by atoms with van der Waals surface area (Å²) in [5, 5.41) is 0. The van der Waals surface area contributed by atoms with Gasteiger partial charge < -0.3 is 19.3 Å². The fourth-order valence-electron chi connectivity index (χ4n) is 4.08. The van der Waals surface area contributed by atoms with E-state index >= 15 is 0 Å². The van der Waals surface area contributed by atoms with E-state index < -0.39 is 6.10 Å². The number of methoxy groups -OCH3 is 1. The van der Waals surface area contributed by atoms with Gasteiger partial charge in [0.25, 0.3) is 5.91 Å². The van der Waals surface area contributed by atoms with E-state index in [1.165, 1.54) is 7.11 Å². The quantitative estimate of drug-likeness (QED) is 0.517. The molecule has 0 N–H and O–H groups in total. The van der Waals surface area contributed by atoms with Crippen molar-refractivity contribution in [2.45, 2.75) is 25.4 Å². The van der Waals surface area contributed by atoms with E-state index in [9.17, 15) is 9.59 Å². The molecular weight excluding hydrogens is 430 g/mol. The third-order valence-corrected chi connectivity index (χ3v) is 5.83. The van der Waals surface area contributed by atoms with Crippen molar-refractivity contribution in [1.82, 2.24) is 14.8 Å². The van der Waals surface area contributed by atoms with Gasteiger partial charge in [-0.05, 0) is 22.8 Å². The number of nitrogens with zero attached hydrogens (tertiary/aromatic N) is 3. The second kappa shape index (κ2) is 11.5. The van der Waals surface area contributed by atoms with Crippen molar-refractivity contribution in [2.24, 2.45) is 0 Å². The molecule has 2 atom stereocenters. The number of benzene rings is 2. The predicted molar refractivity (Wildman–Crippen MR) is 127 cm³/mol. The molecule has 2 aromatic carbocycles. The van der Waals surface area contributed by atoms with Crippen LogP contribution in [0.2, 0.25) is 0 Å². The highest BCUT2D eigenvalue weighted by molar-refractivity contribution is 5.88. The van der Waals surface area contributed by atoms with Crippen LogP contribution < -0.4 is 0 Å². The summed E-state index contributed by atoms with van der Waals surface area (Å²) in [6.07, 6.45) is 2.32. The van der Waals surface area contributed by atoms with Crippen LogP contribution >= 0.6 is 0 Å². The molecule has 7 heteroatoms. The van der Waals surface area contributed by atoms with Gasteiger partial charge in [0.15, 0.2) is 6.10 Å². The molecule has 0 spiro atoms. The Kier molecular flexibility index (Phi) is 8.01. The Labute approximate surface area is 199 Å². The number of aromatic nitrogens is 1. The van der Waals surface area contributed by atoms with Gasteiger partial charge in [-0.2, -0.15) is 0 Å². The summed E-state index contributed by atoms with van der Waals surface area (Å²) in [5.41, 5.74) is 2.71. The maximum absolute atomic E-state index is 13.5. The maximum Gasteiger partial charge on any atom is 0.256 e. The Morgan fingerprint density at radius 1 is 1.00 bits per heavy atom. The van der Waals surface area contributed by atoms with Gasteiger partial charge in [-0.15, -0.1) is 0 Å². The molecule has 1 aliphatic rings. The summed E-state index contributed by atoms with van der Waals surface area (Å²) >= 11 is 0. The number of carbonyl (C=O) groups excluding carboxylic acids is 2. The summed E-state index contributed by atoms with van der Waals surface area (Å²) in [7, 11) is 1.51. The van der Waals surface area contributed by atoms with Crippen LogP contribution in [0.4, 0.5) is 0 Å². The molecule has 7 nitrogen and oxygen atoms in total. The van der Waals surface area contributed by atoms with Crippen LogP contribution in [0.25, 0.3) is 0 Å². The smallest absolute Gasteiger partial charge is 0.256 e. The molecule has 0 radical (unpaired) electrons. The molecule has 1 saturated heterocycles. The van der Waals surface area contributed by atoms with E-state index in [2.05, 4.69) is 4.98 Å². The average molecular weight is 460 g/mol. The standard InChI is InChI=1S/C27H29N3O4/c1-33-26(23-12-6-3-7-13-23)27(32)30-18-24(34-20-21-9-4-2-5-10-21)17-29(25(31)19-30)16-22-11-8-14-28-15-22/h2-15,24,26H,16-20H2,1H3. The summed E-state index contributed by atoms with van der Waals surface area (Å²) in [5.74, 6) is -0.385. The van der Waals surface area contributed by atoms with Crippen LogP contribution in [-0.2, 0) is 32.2 Å². The van der Waals surface area contributed by atoms with Gasteiger partial charge >= 0.3 is 0 Å². The fourth-order valence-corrected chi connectivity index (χ4v) is 4.08. The Morgan fingerprint density at radius 2 is 1.71 bits per heavy atom. The lowest BCUT2D eigenvalue weighted by atomic mass is 10.1. The molecule has 2 heterocycles. The Morgan fingerprint density at radius 3 is 2.38 bits per heavy atom. The van der Waals surface area contributed by atoms with Gasteiger partial charge in [0, 0.05) is 39.1 Å². The highest BCUT2D eigenvalue weighted by Crippen LogP contribution is 2.22. The SMILES string of the molecule is COC(C(=O)N1CC(=O)N(Cc2cccnc2)CC(OCc2ccccc2)C1)c1ccccc1. The lowest BCUT2D eigenvalue weighted by Crippen LogP contribution is -2.42. The van der Waals surface area contributed by atoms with Crippen LogP contribution in [0, 0.1) is 0 Å². The molecule has 0 saturated carbocycles.